The first-order chi connectivity index (χ1) is 17.1. The van der Waals surface area contributed by atoms with Crippen LogP contribution in [0.5, 0.6) is 0 Å². The zero-order valence-electron chi connectivity index (χ0n) is 20.1. The molecule has 3 aromatic rings. The number of fused-ring (bicyclic) bond motifs is 1. The molecule has 192 valence electrons. The SMILES string of the molecule is CC(C)C[C@H](NC(=O)c1cc2ccccc2s1)C(=O)N[C@@H]1CCCN(S(=O)(=O)c2cccs2)CC1=O. The number of carbonyl (C=O) groups excluding carboxylic acids is 3. The van der Waals surface area contributed by atoms with Crippen LogP contribution in [0.3, 0.4) is 0 Å². The van der Waals surface area contributed by atoms with Crippen molar-refractivity contribution in [1.29, 1.82) is 0 Å². The van der Waals surface area contributed by atoms with E-state index in [1.165, 1.54) is 21.7 Å². The van der Waals surface area contributed by atoms with Crippen LogP contribution >= 0.6 is 22.7 Å². The van der Waals surface area contributed by atoms with Gasteiger partial charge in [0.15, 0.2) is 5.78 Å². The Hall–Kier alpha value is -2.60. The van der Waals surface area contributed by atoms with E-state index < -0.39 is 28.0 Å². The number of thiophene rings is 2. The van der Waals surface area contributed by atoms with E-state index in [4.69, 9.17) is 0 Å². The molecule has 0 radical (unpaired) electrons. The molecule has 0 unspecified atom stereocenters. The zero-order chi connectivity index (χ0) is 25.9. The summed E-state index contributed by atoms with van der Waals surface area (Å²) in [5.74, 6) is -1.01. The summed E-state index contributed by atoms with van der Waals surface area (Å²) in [6.07, 6.45) is 1.17. The highest BCUT2D eigenvalue weighted by atomic mass is 32.2. The normalized spacial score (nSPS) is 18.2. The van der Waals surface area contributed by atoms with E-state index in [2.05, 4.69) is 10.6 Å². The Labute approximate surface area is 218 Å². The Morgan fingerprint density at radius 3 is 2.64 bits per heavy atom. The highest BCUT2D eigenvalue weighted by molar-refractivity contribution is 7.91. The van der Waals surface area contributed by atoms with Crippen molar-refractivity contribution in [3.63, 3.8) is 0 Å². The summed E-state index contributed by atoms with van der Waals surface area (Å²) in [4.78, 5) is 39.6. The molecule has 4 rings (SSSR count). The standard InChI is InChI=1S/C25H29N3O5S3/c1-16(2)13-19(27-25(31)22-14-17-7-3-4-9-21(17)35-22)24(30)26-18-8-5-11-28(15-20(18)29)36(32,33)23-10-6-12-34-23/h3-4,6-7,9-10,12,14,16,18-19H,5,8,11,13,15H2,1-2H3,(H,26,30)(H,27,31)/t18-,19+/m1/s1. The molecule has 1 aliphatic rings. The van der Waals surface area contributed by atoms with Gasteiger partial charge in [0, 0.05) is 11.2 Å². The van der Waals surface area contributed by atoms with Crippen LogP contribution in [0.4, 0.5) is 0 Å². The van der Waals surface area contributed by atoms with Crippen molar-refractivity contribution in [2.24, 2.45) is 5.92 Å². The quantitative estimate of drug-likeness (QED) is 0.447. The lowest BCUT2D eigenvalue weighted by atomic mass is 10.0. The monoisotopic (exact) mass is 547 g/mol. The lowest BCUT2D eigenvalue weighted by Gasteiger charge is -2.23. The molecule has 2 atom stereocenters. The summed E-state index contributed by atoms with van der Waals surface area (Å²) < 4.78 is 28.1. The van der Waals surface area contributed by atoms with Gasteiger partial charge >= 0.3 is 0 Å². The van der Waals surface area contributed by atoms with Gasteiger partial charge in [-0.15, -0.1) is 22.7 Å². The predicted molar refractivity (Wildman–Crippen MR) is 142 cm³/mol. The van der Waals surface area contributed by atoms with Gasteiger partial charge < -0.3 is 10.6 Å². The molecule has 2 amide bonds. The Kier molecular flexibility index (Phi) is 8.23. The van der Waals surface area contributed by atoms with Crippen LogP contribution in [-0.2, 0) is 19.6 Å². The average Bonchev–Trinajstić information content (AvgIpc) is 3.49. The third-order valence-corrected chi connectivity index (χ3v) is 10.3. The highest BCUT2D eigenvalue weighted by Gasteiger charge is 2.34. The predicted octanol–water partition coefficient (Wildman–Crippen LogP) is 3.65. The molecule has 2 N–H and O–H groups in total. The smallest absolute Gasteiger partial charge is 0.262 e. The third kappa shape index (κ3) is 6.03. The molecule has 3 heterocycles. The van der Waals surface area contributed by atoms with Crippen LogP contribution < -0.4 is 10.6 Å². The van der Waals surface area contributed by atoms with E-state index in [1.807, 2.05) is 38.1 Å². The van der Waals surface area contributed by atoms with Gasteiger partial charge in [0.05, 0.1) is 17.5 Å². The number of rotatable bonds is 8. The number of benzene rings is 1. The minimum atomic E-state index is -3.75. The number of amides is 2. The molecule has 1 aliphatic heterocycles. The molecular weight excluding hydrogens is 518 g/mol. The van der Waals surface area contributed by atoms with Gasteiger partial charge in [-0.1, -0.05) is 38.1 Å². The van der Waals surface area contributed by atoms with E-state index in [0.29, 0.717) is 24.1 Å². The summed E-state index contributed by atoms with van der Waals surface area (Å²) in [6, 6.07) is 11.0. The second kappa shape index (κ2) is 11.2. The Morgan fingerprint density at radius 2 is 1.94 bits per heavy atom. The second-order valence-corrected chi connectivity index (χ2v) is 13.4. The third-order valence-electron chi connectivity index (χ3n) is 6.01. The minimum Gasteiger partial charge on any atom is -0.344 e. The largest absolute Gasteiger partial charge is 0.344 e. The number of ketones is 1. The van der Waals surface area contributed by atoms with Crippen molar-refractivity contribution in [2.75, 3.05) is 13.1 Å². The molecule has 1 saturated heterocycles. The van der Waals surface area contributed by atoms with Crippen molar-refractivity contribution < 1.29 is 22.8 Å². The van der Waals surface area contributed by atoms with E-state index in [9.17, 15) is 22.8 Å². The maximum Gasteiger partial charge on any atom is 0.262 e. The second-order valence-electron chi connectivity index (χ2n) is 9.24. The molecule has 0 aliphatic carbocycles. The van der Waals surface area contributed by atoms with Crippen molar-refractivity contribution in [3.8, 4) is 0 Å². The minimum absolute atomic E-state index is 0.125. The number of hydrogen-bond acceptors (Lipinski definition) is 7. The molecule has 11 heteroatoms. The van der Waals surface area contributed by atoms with E-state index in [-0.39, 0.29) is 34.9 Å². The number of nitrogens with zero attached hydrogens (tertiary/aromatic N) is 1. The number of sulfonamides is 1. The first-order valence-corrected chi connectivity index (χ1v) is 14.9. The van der Waals surface area contributed by atoms with Gasteiger partial charge in [0.25, 0.3) is 15.9 Å². The number of Topliss-reactive ketones (excluding diaryl/α,β-unsaturated/α-hetero) is 1. The molecule has 1 fully saturated rings. The molecule has 1 aromatic carbocycles. The van der Waals surface area contributed by atoms with Crippen molar-refractivity contribution in [3.05, 3.63) is 52.7 Å². The number of hydrogen-bond donors (Lipinski definition) is 2. The number of nitrogens with one attached hydrogen (secondary N) is 2. The van der Waals surface area contributed by atoms with E-state index >= 15 is 0 Å². The molecule has 36 heavy (non-hydrogen) atoms. The lowest BCUT2D eigenvalue weighted by Crippen LogP contribution is -2.52. The van der Waals surface area contributed by atoms with Crippen LogP contribution in [0.15, 0.2) is 52.1 Å². The topological polar surface area (TPSA) is 113 Å². The highest BCUT2D eigenvalue weighted by Crippen LogP contribution is 2.26. The van der Waals surface area contributed by atoms with E-state index in [1.54, 1.807) is 17.5 Å². The van der Waals surface area contributed by atoms with Crippen LogP contribution in [0.2, 0.25) is 0 Å². The van der Waals surface area contributed by atoms with Crippen LogP contribution in [0.25, 0.3) is 10.1 Å². The van der Waals surface area contributed by atoms with Crippen LogP contribution in [0, 0.1) is 5.92 Å². The Balaban J connectivity index is 1.44. The van der Waals surface area contributed by atoms with Gasteiger partial charge in [-0.05, 0) is 54.1 Å². The number of carbonyl (C=O) groups is 3. The fourth-order valence-corrected chi connectivity index (χ4v) is 7.74. The molecule has 2 aromatic heterocycles. The van der Waals surface area contributed by atoms with Crippen LogP contribution in [-0.4, -0.2) is 55.5 Å². The molecule has 8 nitrogen and oxygen atoms in total. The molecular formula is C25H29N3O5S3. The van der Waals surface area contributed by atoms with Crippen LogP contribution in [0.1, 0.15) is 42.8 Å². The first kappa shape index (κ1) is 26.5. The van der Waals surface area contributed by atoms with Gasteiger partial charge in [-0.2, -0.15) is 4.31 Å². The summed E-state index contributed by atoms with van der Waals surface area (Å²) in [5, 5.41) is 8.27. The molecule has 0 spiro atoms. The van der Waals surface area contributed by atoms with Gasteiger partial charge in [-0.25, -0.2) is 8.42 Å². The molecule has 0 saturated carbocycles. The van der Waals surface area contributed by atoms with Gasteiger partial charge in [0.2, 0.25) is 5.91 Å². The fourth-order valence-electron chi connectivity index (χ4n) is 4.19. The zero-order valence-corrected chi connectivity index (χ0v) is 22.5. The van der Waals surface area contributed by atoms with Crippen molar-refractivity contribution >= 4 is 60.4 Å². The van der Waals surface area contributed by atoms with Gasteiger partial charge in [0.1, 0.15) is 10.3 Å². The summed E-state index contributed by atoms with van der Waals surface area (Å²) in [7, 11) is -3.75. The fraction of sp³-hybridized carbons (Fsp3) is 0.400. The summed E-state index contributed by atoms with van der Waals surface area (Å²) in [6.45, 7) is 3.82. The Morgan fingerprint density at radius 1 is 1.17 bits per heavy atom. The average molecular weight is 548 g/mol. The summed E-state index contributed by atoms with van der Waals surface area (Å²) in [5.41, 5.74) is 0. The van der Waals surface area contributed by atoms with Crippen molar-refractivity contribution in [2.45, 2.75) is 49.4 Å². The molecule has 0 bridgehead atoms. The first-order valence-electron chi connectivity index (χ1n) is 11.8. The maximum absolute atomic E-state index is 13.2. The van der Waals surface area contributed by atoms with E-state index in [0.717, 1.165) is 21.4 Å². The van der Waals surface area contributed by atoms with Gasteiger partial charge in [-0.3, -0.25) is 14.4 Å². The van der Waals surface area contributed by atoms with Crippen molar-refractivity contribution in [1.82, 2.24) is 14.9 Å². The lowest BCUT2D eigenvalue weighted by molar-refractivity contribution is -0.129. The summed E-state index contributed by atoms with van der Waals surface area (Å²) >= 11 is 2.47. The Bertz CT molecular complexity index is 1320. The maximum atomic E-state index is 13.2.